The predicted molar refractivity (Wildman–Crippen MR) is 98.5 cm³/mol. The summed E-state index contributed by atoms with van der Waals surface area (Å²) in [4.78, 5) is 0. The van der Waals surface area contributed by atoms with Crippen LogP contribution in [0.3, 0.4) is 0 Å². The maximum Gasteiger partial charge on any atom is 0.194 e. The molecule has 1 saturated carbocycles. The molecule has 0 bridgehead atoms. The summed E-state index contributed by atoms with van der Waals surface area (Å²) >= 11 is 0. The summed E-state index contributed by atoms with van der Waals surface area (Å²) in [6.07, 6.45) is 7.58. The molecule has 2 aliphatic rings. The van der Waals surface area contributed by atoms with Crippen LogP contribution in [-0.4, -0.2) is 0 Å². The van der Waals surface area contributed by atoms with Gasteiger partial charge in [0.25, 0.3) is 0 Å². The first-order chi connectivity index (χ1) is 13.0. The zero-order valence-electron chi connectivity index (χ0n) is 15.5. The molecule has 4 heteroatoms. The van der Waals surface area contributed by atoms with Gasteiger partial charge in [0.05, 0.1) is 0 Å². The van der Waals surface area contributed by atoms with E-state index in [1.807, 2.05) is 6.07 Å². The summed E-state index contributed by atoms with van der Waals surface area (Å²) in [5.74, 6) is -2.75. The number of benzene rings is 2. The molecule has 0 N–H and O–H groups in total. The number of hydrogen-bond acceptors (Lipinski definition) is 0. The average Bonchev–Trinajstić information content (AvgIpc) is 2.66. The van der Waals surface area contributed by atoms with Gasteiger partial charge < -0.3 is 0 Å². The SMILES string of the molecule is CCCC1CCC2c3ccc(-c4cc(F)c(F)c(F)c4)c(F)c3CCC2C1. The van der Waals surface area contributed by atoms with E-state index < -0.39 is 23.3 Å². The Morgan fingerprint density at radius 2 is 1.67 bits per heavy atom. The Morgan fingerprint density at radius 1 is 0.926 bits per heavy atom. The molecular formula is C23H24F4. The summed E-state index contributed by atoms with van der Waals surface area (Å²) < 4.78 is 55.6. The van der Waals surface area contributed by atoms with E-state index in [1.54, 1.807) is 6.07 Å². The summed E-state index contributed by atoms with van der Waals surface area (Å²) in [6.45, 7) is 2.22. The minimum absolute atomic E-state index is 0.0421. The highest BCUT2D eigenvalue weighted by molar-refractivity contribution is 5.66. The van der Waals surface area contributed by atoms with Gasteiger partial charge in [-0.25, -0.2) is 17.6 Å². The molecule has 4 rings (SSSR count). The van der Waals surface area contributed by atoms with Gasteiger partial charge in [-0.1, -0.05) is 31.9 Å². The molecule has 0 aliphatic heterocycles. The van der Waals surface area contributed by atoms with E-state index in [2.05, 4.69) is 6.92 Å². The van der Waals surface area contributed by atoms with Crippen molar-refractivity contribution in [3.63, 3.8) is 0 Å². The molecule has 2 aliphatic carbocycles. The van der Waals surface area contributed by atoms with Crippen molar-refractivity contribution < 1.29 is 17.6 Å². The van der Waals surface area contributed by atoms with E-state index in [0.717, 1.165) is 36.5 Å². The monoisotopic (exact) mass is 376 g/mol. The van der Waals surface area contributed by atoms with Crippen LogP contribution in [0.4, 0.5) is 17.6 Å². The van der Waals surface area contributed by atoms with Gasteiger partial charge in [-0.3, -0.25) is 0 Å². The van der Waals surface area contributed by atoms with Crippen LogP contribution < -0.4 is 0 Å². The van der Waals surface area contributed by atoms with Crippen LogP contribution in [-0.2, 0) is 6.42 Å². The smallest absolute Gasteiger partial charge is 0.194 e. The lowest BCUT2D eigenvalue weighted by Gasteiger charge is -2.41. The zero-order chi connectivity index (χ0) is 19.1. The van der Waals surface area contributed by atoms with Crippen LogP contribution in [0.1, 0.15) is 62.5 Å². The lowest BCUT2D eigenvalue weighted by Crippen LogP contribution is -2.28. The highest BCUT2D eigenvalue weighted by atomic mass is 19.2. The van der Waals surface area contributed by atoms with E-state index in [-0.39, 0.29) is 11.1 Å². The molecular weight excluding hydrogens is 352 g/mol. The summed E-state index contributed by atoms with van der Waals surface area (Å²) in [6, 6.07) is 5.25. The van der Waals surface area contributed by atoms with Gasteiger partial charge in [0.15, 0.2) is 17.5 Å². The first kappa shape index (κ1) is 18.5. The second-order valence-corrected chi connectivity index (χ2v) is 8.12. The number of fused-ring (bicyclic) bond motifs is 3. The van der Waals surface area contributed by atoms with Crippen molar-refractivity contribution in [2.75, 3.05) is 0 Å². The molecule has 1 fully saturated rings. The molecule has 0 spiro atoms. The lowest BCUT2D eigenvalue weighted by molar-refractivity contribution is 0.200. The second-order valence-electron chi connectivity index (χ2n) is 8.12. The van der Waals surface area contributed by atoms with E-state index in [4.69, 9.17) is 0 Å². The first-order valence-corrected chi connectivity index (χ1v) is 9.95. The van der Waals surface area contributed by atoms with Crippen LogP contribution in [0.15, 0.2) is 24.3 Å². The summed E-state index contributed by atoms with van der Waals surface area (Å²) in [5.41, 5.74) is 1.92. The molecule has 0 heterocycles. The molecule has 0 aromatic heterocycles. The fourth-order valence-electron chi connectivity index (χ4n) is 5.26. The van der Waals surface area contributed by atoms with E-state index in [1.165, 1.54) is 25.7 Å². The molecule has 2 aromatic carbocycles. The Balaban J connectivity index is 1.68. The third kappa shape index (κ3) is 3.28. The Morgan fingerprint density at radius 3 is 2.37 bits per heavy atom. The van der Waals surface area contributed by atoms with Crippen LogP contribution in [0.5, 0.6) is 0 Å². The van der Waals surface area contributed by atoms with Gasteiger partial charge in [0.2, 0.25) is 0 Å². The molecule has 3 atom stereocenters. The van der Waals surface area contributed by atoms with Gasteiger partial charge in [-0.2, -0.15) is 0 Å². The third-order valence-electron chi connectivity index (χ3n) is 6.53. The van der Waals surface area contributed by atoms with Crippen LogP contribution in [0.25, 0.3) is 11.1 Å². The van der Waals surface area contributed by atoms with Crippen molar-refractivity contribution in [3.8, 4) is 11.1 Å². The Bertz CT molecular complexity index is 835. The van der Waals surface area contributed by atoms with Gasteiger partial charge in [0, 0.05) is 5.56 Å². The second kappa shape index (κ2) is 7.29. The van der Waals surface area contributed by atoms with E-state index in [9.17, 15) is 13.2 Å². The van der Waals surface area contributed by atoms with E-state index in [0.29, 0.717) is 23.8 Å². The molecule has 2 aromatic rings. The minimum Gasteiger partial charge on any atom is -0.206 e. The van der Waals surface area contributed by atoms with Crippen molar-refractivity contribution in [1.82, 2.24) is 0 Å². The molecule has 144 valence electrons. The quantitative estimate of drug-likeness (QED) is 0.394. The van der Waals surface area contributed by atoms with Crippen LogP contribution >= 0.6 is 0 Å². The largest absolute Gasteiger partial charge is 0.206 e. The van der Waals surface area contributed by atoms with Gasteiger partial charge in [-0.15, -0.1) is 0 Å². The third-order valence-corrected chi connectivity index (χ3v) is 6.53. The topological polar surface area (TPSA) is 0 Å². The average molecular weight is 376 g/mol. The molecule has 3 unspecified atom stereocenters. The first-order valence-electron chi connectivity index (χ1n) is 9.95. The van der Waals surface area contributed by atoms with Gasteiger partial charge in [0.1, 0.15) is 5.82 Å². The predicted octanol–water partition coefficient (Wildman–Crippen LogP) is 7.16. The maximum atomic E-state index is 15.2. The van der Waals surface area contributed by atoms with Crippen molar-refractivity contribution in [3.05, 3.63) is 58.7 Å². The number of rotatable bonds is 3. The van der Waals surface area contributed by atoms with Gasteiger partial charge in [-0.05, 0) is 78.7 Å². The van der Waals surface area contributed by atoms with Crippen molar-refractivity contribution in [2.45, 2.75) is 57.8 Å². The molecule has 0 radical (unpaired) electrons. The van der Waals surface area contributed by atoms with Gasteiger partial charge >= 0.3 is 0 Å². The summed E-state index contributed by atoms with van der Waals surface area (Å²) in [7, 11) is 0. The van der Waals surface area contributed by atoms with Crippen molar-refractivity contribution in [2.24, 2.45) is 11.8 Å². The standard InChI is InChI=1S/C23H24F4/c1-2-3-13-4-6-16-14(10-13)5-7-19-18(16)9-8-17(22(19)26)15-11-20(24)23(27)21(25)12-15/h8-9,11-14,16H,2-7,10H2,1H3. The van der Waals surface area contributed by atoms with Crippen molar-refractivity contribution in [1.29, 1.82) is 0 Å². The maximum absolute atomic E-state index is 15.2. The molecule has 0 nitrogen and oxygen atoms in total. The van der Waals surface area contributed by atoms with Crippen molar-refractivity contribution >= 4 is 0 Å². The Labute approximate surface area is 157 Å². The van der Waals surface area contributed by atoms with E-state index >= 15 is 4.39 Å². The normalized spacial score (nSPS) is 24.4. The summed E-state index contributed by atoms with van der Waals surface area (Å²) in [5, 5.41) is 0. The highest BCUT2D eigenvalue weighted by Gasteiger charge is 2.36. The van der Waals surface area contributed by atoms with Crippen LogP contribution in [0.2, 0.25) is 0 Å². The highest BCUT2D eigenvalue weighted by Crippen LogP contribution is 2.49. The zero-order valence-corrected chi connectivity index (χ0v) is 15.5. The fraction of sp³-hybridized carbons (Fsp3) is 0.478. The number of hydrogen-bond donors (Lipinski definition) is 0. The fourth-order valence-corrected chi connectivity index (χ4v) is 5.26. The lowest BCUT2D eigenvalue weighted by atomic mass is 9.64. The molecule has 0 saturated heterocycles. The Hall–Kier alpha value is -1.84. The molecule has 27 heavy (non-hydrogen) atoms. The molecule has 0 amide bonds. The van der Waals surface area contributed by atoms with Crippen LogP contribution in [0, 0.1) is 35.1 Å². The minimum atomic E-state index is -1.52. The Kier molecular flexibility index (Phi) is 5.00. The number of halogens is 4.